The number of benzene rings is 1. The van der Waals surface area contributed by atoms with Gasteiger partial charge in [-0.2, -0.15) is 0 Å². The maximum Gasteiger partial charge on any atom is 0.330 e. The fourth-order valence-electron chi connectivity index (χ4n) is 2.53. The highest BCUT2D eigenvalue weighted by atomic mass is 16.1. The van der Waals surface area contributed by atoms with E-state index in [-0.39, 0.29) is 5.69 Å². The number of H-pyrrole nitrogens is 1. The Morgan fingerprint density at radius 2 is 2.11 bits per heavy atom. The second-order valence-electron chi connectivity index (χ2n) is 4.80. The van der Waals surface area contributed by atoms with Crippen LogP contribution in [0.2, 0.25) is 0 Å². The third-order valence-corrected chi connectivity index (χ3v) is 3.51. The van der Waals surface area contributed by atoms with Crippen LogP contribution >= 0.6 is 0 Å². The lowest BCUT2D eigenvalue weighted by molar-refractivity contribution is 0.603. The van der Waals surface area contributed by atoms with Crippen LogP contribution in [0.1, 0.15) is 18.4 Å². The third-order valence-electron chi connectivity index (χ3n) is 3.51. The monoisotopic (exact) mass is 243 g/mol. The molecule has 0 amide bonds. The summed E-state index contributed by atoms with van der Waals surface area (Å²) in [6.07, 6.45) is 7.01. The fourth-order valence-corrected chi connectivity index (χ4v) is 2.53. The molecule has 18 heavy (non-hydrogen) atoms. The molecule has 2 N–H and O–H groups in total. The van der Waals surface area contributed by atoms with Gasteiger partial charge in [0.2, 0.25) is 0 Å². The largest absolute Gasteiger partial charge is 0.330 e. The molecule has 1 atom stereocenters. The molecule has 0 radical (unpaired) electrons. The second kappa shape index (κ2) is 4.82. The topological polar surface area (TPSA) is 49.8 Å². The third kappa shape index (κ3) is 2.24. The molecule has 0 aliphatic carbocycles. The summed E-state index contributed by atoms with van der Waals surface area (Å²) in [6, 6.07) is 8.83. The Hall–Kier alpha value is -1.81. The average molecular weight is 243 g/mol. The molecule has 2 aromatic rings. The first-order valence-electron chi connectivity index (χ1n) is 6.42. The van der Waals surface area contributed by atoms with Crippen molar-refractivity contribution in [1.29, 1.82) is 0 Å². The van der Waals surface area contributed by atoms with E-state index in [1.54, 1.807) is 17.0 Å². The lowest BCUT2D eigenvalue weighted by Crippen LogP contribution is -2.23. The van der Waals surface area contributed by atoms with Crippen LogP contribution in [-0.2, 0) is 6.42 Å². The van der Waals surface area contributed by atoms with E-state index >= 15 is 0 Å². The number of nitrogens with zero attached hydrogens (tertiary/aromatic N) is 1. The smallest absolute Gasteiger partial charge is 0.314 e. The Balaban J connectivity index is 1.76. The number of aromatic nitrogens is 2. The summed E-state index contributed by atoms with van der Waals surface area (Å²) in [5.41, 5.74) is 2.13. The van der Waals surface area contributed by atoms with Crippen LogP contribution in [0, 0.1) is 0 Å². The normalized spacial score (nSPS) is 19.2. The molecule has 4 heteroatoms. The molecular formula is C14H17N3O. The van der Waals surface area contributed by atoms with Gasteiger partial charge in [-0.3, -0.25) is 4.57 Å². The van der Waals surface area contributed by atoms with Crippen molar-refractivity contribution in [3.63, 3.8) is 0 Å². The molecule has 1 aliphatic rings. The summed E-state index contributed by atoms with van der Waals surface area (Å²) < 4.78 is 1.61. The molecule has 1 aromatic carbocycles. The standard InChI is InChI=1S/C14H17N3O/c18-14-16-8-9-17(14)13-5-3-11(4-6-13)10-12-2-1-7-15-12/h3-6,8-9,12,15H,1-2,7,10H2,(H,16,18). The highest BCUT2D eigenvalue weighted by Crippen LogP contribution is 2.14. The summed E-state index contributed by atoms with van der Waals surface area (Å²) in [5, 5.41) is 3.50. The molecule has 1 aliphatic heterocycles. The van der Waals surface area contributed by atoms with E-state index in [1.165, 1.54) is 18.4 Å². The van der Waals surface area contributed by atoms with Gasteiger partial charge in [-0.25, -0.2) is 4.79 Å². The van der Waals surface area contributed by atoms with Crippen molar-refractivity contribution in [2.45, 2.75) is 25.3 Å². The van der Waals surface area contributed by atoms with Gasteiger partial charge in [0, 0.05) is 18.4 Å². The van der Waals surface area contributed by atoms with Gasteiger partial charge in [0.15, 0.2) is 0 Å². The average Bonchev–Trinajstić information content (AvgIpc) is 3.02. The van der Waals surface area contributed by atoms with E-state index in [0.717, 1.165) is 18.7 Å². The highest BCUT2D eigenvalue weighted by molar-refractivity contribution is 5.34. The second-order valence-corrected chi connectivity index (χ2v) is 4.80. The van der Waals surface area contributed by atoms with E-state index in [4.69, 9.17) is 0 Å². The molecule has 1 saturated heterocycles. The molecule has 1 fully saturated rings. The van der Waals surface area contributed by atoms with Crippen LogP contribution in [-0.4, -0.2) is 22.1 Å². The molecule has 0 saturated carbocycles. The van der Waals surface area contributed by atoms with Crippen molar-refractivity contribution >= 4 is 0 Å². The maximum absolute atomic E-state index is 11.5. The minimum atomic E-state index is -0.0970. The predicted molar refractivity (Wildman–Crippen MR) is 71.1 cm³/mol. The lowest BCUT2D eigenvalue weighted by atomic mass is 10.0. The molecular weight excluding hydrogens is 226 g/mol. The van der Waals surface area contributed by atoms with Crippen molar-refractivity contribution < 1.29 is 0 Å². The van der Waals surface area contributed by atoms with Gasteiger partial charge in [0.05, 0.1) is 5.69 Å². The Labute approximate surface area is 106 Å². The van der Waals surface area contributed by atoms with Crippen LogP contribution in [0.5, 0.6) is 0 Å². The van der Waals surface area contributed by atoms with Gasteiger partial charge in [-0.05, 0) is 43.5 Å². The molecule has 2 heterocycles. The lowest BCUT2D eigenvalue weighted by Gasteiger charge is -2.10. The zero-order valence-electron chi connectivity index (χ0n) is 10.2. The Kier molecular flexibility index (Phi) is 3.02. The number of rotatable bonds is 3. The molecule has 0 bridgehead atoms. The summed E-state index contributed by atoms with van der Waals surface area (Å²) in [5.74, 6) is 0. The van der Waals surface area contributed by atoms with Gasteiger partial charge in [-0.1, -0.05) is 12.1 Å². The van der Waals surface area contributed by atoms with Crippen molar-refractivity contribution in [3.8, 4) is 5.69 Å². The minimum absolute atomic E-state index is 0.0970. The van der Waals surface area contributed by atoms with Crippen LogP contribution in [0.3, 0.4) is 0 Å². The summed E-state index contributed by atoms with van der Waals surface area (Å²) in [4.78, 5) is 14.1. The van der Waals surface area contributed by atoms with Gasteiger partial charge in [-0.15, -0.1) is 0 Å². The van der Waals surface area contributed by atoms with E-state index in [0.29, 0.717) is 6.04 Å². The summed E-state index contributed by atoms with van der Waals surface area (Å²) in [7, 11) is 0. The first kappa shape index (κ1) is 11.3. The van der Waals surface area contributed by atoms with Crippen LogP contribution in [0.15, 0.2) is 41.5 Å². The number of hydrogen-bond acceptors (Lipinski definition) is 2. The molecule has 1 aromatic heterocycles. The fraction of sp³-hybridized carbons (Fsp3) is 0.357. The first-order valence-corrected chi connectivity index (χ1v) is 6.42. The Bertz CT molecular complexity index is 561. The summed E-state index contributed by atoms with van der Waals surface area (Å²) >= 11 is 0. The quantitative estimate of drug-likeness (QED) is 0.857. The number of imidazole rings is 1. The van der Waals surface area contributed by atoms with Crippen molar-refractivity contribution in [2.24, 2.45) is 0 Å². The van der Waals surface area contributed by atoms with Crippen molar-refractivity contribution in [2.75, 3.05) is 6.54 Å². The van der Waals surface area contributed by atoms with E-state index < -0.39 is 0 Å². The van der Waals surface area contributed by atoms with Crippen LogP contribution in [0.25, 0.3) is 5.69 Å². The Morgan fingerprint density at radius 3 is 2.72 bits per heavy atom. The van der Waals surface area contributed by atoms with E-state index in [1.807, 2.05) is 12.1 Å². The minimum Gasteiger partial charge on any atom is -0.314 e. The van der Waals surface area contributed by atoms with Gasteiger partial charge in [0.1, 0.15) is 0 Å². The number of aromatic amines is 1. The van der Waals surface area contributed by atoms with Crippen LogP contribution in [0.4, 0.5) is 0 Å². The Morgan fingerprint density at radius 1 is 1.28 bits per heavy atom. The van der Waals surface area contributed by atoms with Gasteiger partial charge >= 0.3 is 5.69 Å². The molecule has 4 nitrogen and oxygen atoms in total. The molecule has 0 spiro atoms. The number of nitrogens with one attached hydrogen (secondary N) is 2. The molecule has 1 unspecified atom stereocenters. The molecule has 94 valence electrons. The van der Waals surface area contributed by atoms with Gasteiger partial charge in [0.25, 0.3) is 0 Å². The van der Waals surface area contributed by atoms with E-state index in [9.17, 15) is 4.79 Å². The van der Waals surface area contributed by atoms with E-state index in [2.05, 4.69) is 22.4 Å². The van der Waals surface area contributed by atoms with Crippen molar-refractivity contribution in [3.05, 3.63) is 52.7 Å². The zero-order chi connectivity index (χ0) is 12.4. The highest BCUT2D eigenvalue weighted by Gasteiger charge is 2.14. The maximum atomic E-state index is 11.5. The summed E-state index contributed by atoms with van der Waals surface area (Å²) in [6.45, 7) is 1.14. The van der Waals surface area contributed by atoms with Crippen LogP contribution < -0.4 is 11.0 Å². The zero-order valence-corrected chi connectivity index (χ0v) is 10.2. The SMILES string of the molecule is O=c1[nH]ccn1-c1ccc(CC2CCCN2)cc1. The van der Waals surface area contributed by atoms with Gasteiger partial charge < -0.3 is 10.3 Å². The number of hydrogen-bond donors (Lipinski definition) is 2. The first-order chi connectivity index (χ1) is 8.83. The predicted octanol–water partition coefficient (Wildman–Crippen LogP) is 1.46. The molecule has 3 rings (SSSR count). The van der Waals surface area contributed by atoms with Crippen molar-refractivity contribution in [1.82, 2.24) is 14.9 Å².